The van der Waals surface area contributed by atoms with E-state index in [1.165, 1.54) is 6.66 Å². The lowest BCUT2D eigenvalue weighted by Crippen LogP contribution is -2.32. The first-order valence-electron chi connectivity index (χ1n) is 5.55. The Morgan fingerprint density at radius 2 is 2.00 bits per heavy atom. The number of rotatable bonds is 5. The molecule has 0 fully saturated rings. The van der Waals surface area contributed by atoms with E-state index in [4.69, 9.17) is 4.52 Å². The van der Waals surface area contributed by atoms with Crippen LogP contribution in [0.4, 0.5) is 0 Å². The van der Waals surface area contributed by atoms with Crippen LogP contribution < -0.4 is 5.32 Å². The second kappa shape index (κ2) is 5.99. The third-order valence-electron chi connectivity index (χ3n) is 2.46. The van der Waals surface area contributed by atoms with Gasteiger partial charge in [-0.1, -0.05) is 18.2 Å². The Bertz CT molecular complexity index is 419. The molecule has 0 heterocycles. The van der Waals surface area contributed by atoms with Gasteiger partial charge in [0.05, 0.1) is 6.61 Å². The van der Waals surface area contributed by atoms with Gasteiger partial charge in [0.25, 0.3) is 5.91 Å². The molecule has 1 aromatic rings. The van der Waals surface area contributed by atoms with Crippen LogP contribution in [0.15, 0.2) is 30.3 Å². The van der Waals surface area contributed by atoms with Crippen molar-refractivity contribution in [2.75, 3.05) is 13.3 Å². The van der Waals surface area contributed by atoms with E-state index in [2.05, 4.69) is 5.32 Å². The van der Waals surface area contributed by atoms with Crippen LogP contribution in [0.5, 0.6) is 0 Å². The third-order valence-corrected chi connectivity index (χ3v) is 4.77. The second-order valence-electron chi connectivity index (χ2n) is 3.84. The Kier molecular flexibility index (Phi) is 4.91. The summed E-state index contributed by atoms with van der Waals surface area (Å²) >= 11 is 0. The molecular formula is C12H18NO3P. The van der Waals surface area contributed by atoms with E-state index >= 15 is 0 Å². The summed E-state index contributed by atoms with van der Waals surface area (Å²) in [5, 5.41) is 2.69. The molecule has 2 unspecified atom stereocenters. The summed E-state index contributed by atoms with van der Waals surface area (Å²) in [6.45, 7) is 5.38. The molecule has 0 spiro atoms. The standard InChI is InChI=1S/C12H18NO3P/c1-4-16-17(3,15)10(2)13-12(14)11-8-6-5-7-9-11/h5-10H,4H2,1-3H3,(H,13,14). The molecule has 0 aromatic heterocycles. The normalized spacial score (nSPS) is 15.9. The summed E-state index contributed by atoms with van der Waals surface area (Å²) in [5.41, 5.74) is 0.552. The smallest absolute Gasteiger partial charge is 0.251 e. The molecule has 0 saturated carbocycles. The largest absolute Gasteiger partial charge is 0.340 e. The SMILES string of the molecule is CCOP(C)(=O)C(C)NC(=O)c1ccccc1. The van der Waals surface area contributed by atoms with Gasteiger partial charge in [0.1, 0.15) is 5.78 Å². The summed E-state index contributed by atoms with van der Waals surface area (Å²) < 4.78 is 17.2. The minimum absolute atomic E-state index is 0.236. The van der Waals surface area contributed by atoms with Gasteiger partial charge < -0.3 is 9.84 Å². The van der Waals surface area contributed by atoms with Crippen molar-refractivity contribution in [3.8, 4) is 0 Å². The van der Waals surface area contributed by atoms with Crippen molar-refractivity contribution >= 4 is 13.3 Å². The quantitative estimate of drug-likeness (QED) is 0.823. The number of carbonyl (C=O) groups is 1. The first-order chi connectivity index (χ1) is 7.97. The molecule has 4 nitrogen and oxygen atoms in total. The summed E-state index contributed by atoms with van der Waals surface area (Å²) in [5.74, 6) is -0.727. The van der Waals surface area contributed by atoms with E-state index in [1.54, 1.807) is 38.1 Å². The minimum atomic E-state index is -2.79. The van der Waals surface area contributed by atoms with Crippen LogP contribution >= 0.6 is 7.37 Å². The van der Waals surface area contributed by atoms with Crippen molar-refractivity contribution in [2.24, 2.45) is 0 Å². The number of hydrogen-bond acceptors (Lipinski definition) is 3. The van der Waals surface area contributed by atoms with Crippen LogP contribution in [0.1, 0.15) is 24.2 Å². The average molecular weight is 255 g/mol. The highest BCUT2D eigenvalue weighted by Gasteiger charge is 2.26. The zero-order chi connectivity index (χ0) is 12.9. The first kappa shape index (κ1) is 13.9. The van der Waals surface area contributed by atoms with Gasteiger partial charge in [-0.2, -0.15) is 0 Å². The number of carbonyl (C=O) groups excluding carboxylic acids is 1. The molecule has 0 aliphatic heterocycles. The van der Waals surface area contributed by atoms with Crippen molar-refractivity contribution < 1.29 is 13.9 Å². The minimum Gasteiger partial charge on any atom is -0.340 e. The maximum atomic E-state index is 12.0. The second-order valence-corrected chi connectivity index (χ2v) is 6.69. The molecule has 0 aliphatic carbocycles. The average Bonchev–Trinajstić information content (AvgIpc) is 2.30. The fraction of sp³-hybridized carbons (Fsp3) is 0.417. The molecule has 17 heavy (non-hydrogen) atoms. The van der Waals surface area contributed by atoms with E-state index in [-0.39, 0.29) is 5.91 Å². The zero-order valence-corrected chi connectivity index (χ0v) is 11.2. The first-order valence-corrected chi connectivity index (χ1v) is 7.69. The molecule has 0 saturated heterocycles. The van der Waals surface area contributed by atoms with E-state index in [0.717, 1.165) is 0 Å². The summed E-state index contributed by atoms with van der Waals surface area (Å²) in [6.07, 6.45) is 0. The van der Waals surface area contributed by atoms with Gasteiger partial charge in [0.2, 0.25) is 7.37 Å². The zero-order valence-electron chi connectivity index (χ0n) is 10.3. The molecule has 1 rings (SSSR count). The van der Waals surface area contributed by atoms with E-state index in [1.807, 2.05) is 6.07 Å². The summed E-state index contributed by atoms with van der Waals surface area (Å²) in [6, 6.07) is 8.83. The fourth-order valence-corrected chi connectivity index (χ4v) is 2.44. The van der Waals surface area contributed by atoms with Gasteiger partial charge >= 0.3 is 0 Å². The lowest BCUT2D eigenvalue weighted by Gasteiger charge is -2.21. The molecule has 1 aromatic carbocycles. The molecule has 1 amide bonds. The van der Waals surface area contributed by atoms with Crippen LogP contribution in [0.25, 0.3) is 0 Å². The van der Waals surface area contributed by atoms with Crippen LogP contribution in [-0.4, -0.2) is 25.0 Å². The summed E-state index contributed by atoms with van der Waals surface area (Å²) in [4.78, 5) is 11.8. The molecule has 1 N–H and O–H groups in total. The predicted molar refractivity (Wildman–Crippen MR) is 68.5 cm³/mol. The number of benzene rings is 1. The lowest BCUT2D eigenvalue weighted by atomic mass is 10.2. The summed E-state index contributed by atoms with van der Waals surface area (Å²) in [7, 11) is -2.79. The van der Waals surface area contributed by atoms with Gasteiger partial charge in [-0.25, -0.2) is 0 Å². The maximum absolute atomic E-state index is 12.0. The van der Waals surface area contributed by atoms with Gasteiger partial charge in [-0.3, -0.25) is 9.36 Å². The van der Waals surface area contributed by atoms with Crippen LogP contribution in [0.2, 0.25) is 0 Å². The van der Waals surface area contributed by atoms with Crippen molar-refractivity contribution in [3.05, 3.63) is 35.9 Å². The van der Waals surface area contributed by atoms with E-state index < -0.39 is 13.2 Å². The van der Waals surface area contributed by atoms with Gasteiger partial charge in [0.15, 0.2) is 0 Å². The molecule has 0 aliphatic rings. The third kappa shape index (κ3) is 3.99. The Labute approximate surface area is 102 Å². The van der Waals surface area contributed by atoms with E-state index in [9.17, 15) is 9.36 Å². The topological polar surface area (TPSA) is 55.4 Å². The van der Waals surface area contributed by atoms with Crippen LogP contribution in [-0.2, 0) is 9.09 Å². The Morgan fingerprint density at radius 1 is 1.41 bits per heavy atom. The predicted octanol–water partition coefficient (Wildman–Crippen LogP) is 2.71. The molecule has 94 valence electrons. The molecule has 0 bridgehead atoms. The lowest BCUT2D eigenvalue weighted by molar-refractivity contribution is 0.0947. The van der Waals surface area contributed by atoms with Crippen molar-refractivity contribution in [3.63, 3.8) is 0 Å². The van der Waals surface area contributed by atoms with Gasteiger partial charge in [-0.15, -0.1) is 0 Å². The van der Waals surface area contributed by atoms with Crippen molar-refractivity contribution in [2.45, 2.75) is 19.6 Å². The van der Waals surface area contributed by atoms with Crippen molar-refractivity contribution in [1.29, 1.82) is 0 Å². The number of hydrogen-bond donors (Lipinski definition) is 1. The monoisotopic (exact) mass is 255 g/mol. The van der Waals surface area contributed by atoms with Gasteiger partial charge in [0, 0.05) is 12.2 Å². The Balaban J connectivity index is 2.67. The van der Waals surface area contributed by atoms with E-state index in [0.29, 0.717) is 12.2 Å². The number of amides is 1. The highest BCUT2D eigenvalue weighted by Crippen LogP contribution is 2.46. The van der Waals surface area contributed by atoms with Crippen LogP contribution in [0.3, 0.4) is 0 Å². The van der Waals surface area contributed by atoms with Crippen molar-refractivity contribution in [1.82, 2.24) is 5.32 Å². The Hall–Kier alpha value is -1.12. The number of nitrogens with one attached hydrogen (secondary N) is 1. The Morgan fingerprint density at radius 3 is 2.53 bits per heavy atom. The molecule has 5 heteroatoms. The maximum Gasteiger partial charge on any atom is 0.251 e. The van der Waals surface area contributed by atoms with Gasteiger partial charge in [-0.05, 0) is 26.0 Å². The fourth-order valence-electron chi connectivity index (χ4n) is 1.35. The van der Waals surface area contributed by atoms with Crippen LogP contribution in [0, 0.1) is 0 Å². The highest BCUT2D eigenvalue weighted by molar-refractivity contribution is 7.58. The molecule has 2 atom stereocenters. The molecular weight excluding hydrogens is 237 g/mol. The molecule has 0 radical (unpaired) electrons. The highest BCUT2D eigenvalue weighted by atomic mass is 31.2.